The number of cyclic esters (lactones) is 1. The van der Waals surface area contributed by atoms with Crippen LogP contribution < -0.4 is 0 Å². The van der Waals surface area contributed by atoms with Gasteiger partial charge in [-0.2, -0.15) is 0 Å². The van der Waals surface area contributed by atoms with Crippen molar-refractivity contribution in [2.75, 3.05) is 0 Å². The third kappa shape index (κ3) is 1.81. The van der Waals surface area contributed by atoms with Crippen molar-refractivity contribution >= 4 is 11.8 Å². The van der Waals surface area contributed by atoms with Gasteiger partial charge in [-0.1, -0.05) is 34.1 Å². The molecular formula is C11H18O3. The van der Waals surface area contributed by atoms with E-state index in [1.54, 1.807) is 0 Å². The van der Waals surface area contributed by atoms with Gasteiger partial charge in [-0.25, -0.2) is 0 Å². The van der Waals surface area contributed by atoms with Crippen LogP contribution in [-0.4, -0.2) is 17.4 Å². The molecule has 1 rings (SSSR count). The van der Waals surface area contributed by atoms with Crippen molar-refractivity contribution in [3.8, 4) is 0 Å². The number of Topliss-reactive ketones (excluding diaryl/α,β-unsaturated/α-hetero) is 1. The molecule has 0 aromatic carbocycles. The van der Waals surface area contributed by atoms with E-state index in [0.717, 1.165) is 6.42 Å². The van der Waals surface area contributed by atoms with Crippen LogP contribution in [0.5, 0.6) is 0 Å². The minimum atomic E-state index is -0.802. The van der Waals surface area contributed by atoms with Gasteiger partial charge in [-0.05, 0) is 6.42 Å². The lowest BCUT2D eigenvalue weighted by atomic mass is 9.74. The summed E-state index contributed by atoms with van der Waals surface area (Å²) in [5.41, 5.74) is -1.24. The number of rotatable bonds is 3. The molecule has 0 amide bonds. The molecule has 3 nitrogen and oxygen atoms in total. The molecule has 0 radical (unpaired) electrons. The van der Waals surface area contributed by atoms with Crippen molar-refractivity contribution in [1.29, 1.82) is 0 Å². The molecule has 14 heavy (non-hydrogen) atoms. The second-order valence-corrected chi connectivity index (χ2v) is 4.97. The molecular weight excluding hydrogens is 180 g/mol. The largest absolute Gasteiger partial charge is 0.450 e. The number of ether oxygens (including phenoxy) is 1. The second kappa shape index (κ2) is 3.37. The van der Waals surface area contributed by atoms with E-state index < -0.39 is 11.0 Å². The Morgan fingerprint density at radius 3 is 2.29 bits per heavy atom. The van der Waals surface area contributed by atoms with E-state index in [4.69, 9.17) is 4.74 Å². The minimum absolute atomic E-state index is 0.0476. The van der Waals surface area contributed by atoms with Gasteiger partial charge >= 0.3 is 5.97 Å². The highest BCUT2D eigenvalue weighted by molar-refractivity contribution is 6.00. The van der Waals surface area contributed by atoms with Crippen LogP contribution in [0.25, 0.3) is 0 Å². The fourth-order valence-corrected chi connectivity index (χ4v) is 1.91. The Hall–Kier alpha value is -0.860. The van der Waals surface area contributed by atoms with E-state index in [0.29, 0.717) is 6.42 Å². The van der Waals surface area contributed by atoms with Crippen LogP contribution in [0.2, 0.25) is 0 Å². The third-order valence-electron chi connectivity index (χ3n) is 2.49. The highest BCUT2D eigenvalue weighted by Gasteiger charge is 2.54. The van der Waals surface area contributed by atoms with Gasteiger partial charge in [0.1, 0.15) is 0 Å². The summed E-state index contributed by atoms with van der Waals surface area (Å²) in [6, 6.07) is 0. The van der Waals surface area contributed by atoms with Crippen LogP contribution in [0.4, 0.5) is 0 Å². The first-order valence-corrected chi connectivity index (χ1v) is 5.08. The van der Waals surface area contributed by atoms with Gasteiger partial charge in [-0.3, -0.25) is 9.59 Å². The summed E-state index contributed by atoms with van der Waals surface area (Å²) < 4.78 is 5.07. The number of hydrogen-bond donors (Lipinski definition) is 0. The number of carbonyl (C=O) groups is 2. The first-order valence-electron chi connectivity index (χ1n) is 5.08. The third-order valence-corrected chi connectivity index (χ3v) is 2.49. The van der Waals surface area contributed by atoms with Gasteiger partial charge in [0.05, 0.1) is 6.42 Å². The Bertz CT molecular complexity index is 252. The molecule has 1 saturated heterocycles. The Kier molecular flexibility index (Phi) is 2.70. The summed E-state index contributed by atoms with van der Waals surface area (Å²) in [7, 11) is 0. The first kappa shape index (κ1) is 11.2. The SMILES string of the molecule is CCCC1(C(=O)C(C)(C)C)CC(=O)O1. The van der Waals surface area contributed by atoms with Crippen molar-refractivity contribution in [3.63, 3.8) is 0 Å². The molecule has 0 bridgehead atoms. The maximum atomic E-state index is 12.0. The lowest BCUT2D eigenvalue weighted by Crippen LogP contribution is -2.57. The predicted molar refractivity (Wildman–Crippen MR) is 52.8 cm³/mol. The van der Waals surface area contributed by atoms with Crippen molar-refractivity contribution in [3.05, 3.63) is 0 Å². The Morgan fingerprint density at radius 2 is 2.00 bits per heavy atom. The quantitative estimate of drug-likeness (QED) is 0.652. The molecule has 1 fully saturated rings. The molecule has 3 heteroatoms. The normalized spacial score (nSPS) is 26.7. The average molecular weight is 198 g/mol. The topological polar surface area (TPSA) is 43.4 Å². The molecule has 0 spiro atoms. The molecule has 1 aliphatic rings. The standard InChI is InChI=1S/C11H18O3/c1-5-6-11(7-8(12)14-11)9(13)10(2,3)4/h5-7H2,1-4H3. The van der Waals surface area contributed by atoms with E-state index in [9.17, 15) is 9.59 Å². The van der Waals surface area contributed by atoms with E-state index in [1.807, 2.05) is 27.7 Å². The smallest absolute Gasteiger partial charge is 0.311 e. The van der Waals surface area contributed by atoms with Gasteiger partial charge in [0.15, 0.2) is 11.4 Å². The molecule has 0 saturated carbocycles. The van der Waals surface area contributed by atoms with Gasteiger partial charge in [0, 0.05) is 5.41 Å². The van der Waals surface area contributed by atoms with Crippen LogP contribution >= 0.6 is 0 Å². The maximum Gasteiger partial charge on any atom is 0.311 e. The summed E-state index contributed by atoms with van der Waals surface area (Å²) >= 11 is 0. The zero-order chi connectivity index (χ0) is 11.0. The monoisotopic (exact) mass is 198 g/mol. The van der Waals surface area contributed by atoms with E-state index in [1.165, 1.54) is 0 Å². The predicted octanol–water partition coefficient (Wildman–Crippen LogP) is 2.09. The lowest BCUT2D eigenvalue weighted by molar-refractivity contribution is -0.199. The second-order valence-electron chi connectivity index (χ2n) is 4.97. The van der Waals surface area contributed by atoms with Gasteiger partial charge in [0.25, 0.3) is 0 Å². The average Bonchev–Trinajstić information content (AvgIpc) is 1.98. The summed E-state index contributed by atoms with van der Waals surface area (Å²) in [5, 5.41) is 0. The van der Waals surface area contributed by atoms with Gasteiger partial charge < -0.3 is 4.74 Å². The first-order chi connectivity index (χ1) is 6.32. The van der Waals surface area contributed by atoms with Gasteiger partial charge in [0.2, 0.25) is 0 Å². The number of hydrogen-bond acceptors (Lipinski definition) is 3. The van der Waals surface area contributed by atoms with E-state index in [2.05, 4.69) is 0 Å². The Labute approximate surface area is 84.8 Å². The fraction of sp³-hybridized carbons (Fsp3) is 0.818. The molecule has 0 N–H and O–H groups in total. The Balaban J connectivity index is 2.80. The van der Waals surface area contributed by atoms with Crippen molar-refractivity contribution in [2.24, 2.45) is 5.41 Å². The number of carbonyl (C=O) groups excluding carboxylic acids is 2. The van der Waals surface area contributed by atoms with E-state index >= 15 is 0 Å². The van der Waals surface area contributed by atoms with Gasteiger partial charge in [-0.15, -0.1) is 0 Å². The molecule has 1 unspecified atom stereocenters. The molecule has 1 atom stereocenters. The highest BCUT2D eigenvalue weighted by Crippen LogP contribution is 2.39. The summed E-state index contributed by atoms with van der Waals surface area (Å²) in [6.45, 7) is 7.57. The summed E-state index contributed by atoms with van der Waals surface area (Å²) in [4.78, 5) is 22.9. The Morgan fingerprint density at radius 1 is 1.50 bits per heavy atom. The number of ketones is 1. The molecule has 0 aromatic rings. The van der Waals surface area contributed by atoms with Crippen LogP contribution in [0.3, 0.4) is 0 Å². The van der Waals surface area contributed by atoms with Crippen LogP contribution in [0.15, 0.2) is 0 Å². The van der Waals surface area contributed by atoms with E-state index in [-0.39, 0.29) is 18.2 Å². The molecule has 0 aliphatic carbocycles. The summed E-state index contributed by atoms with van der Waals surface area (Å²) in [5.74, 6) is -0.206. The molecule has 80 valence electrons. The van der Waals surface area contributed by atoms with Crippen LogP contribution in [-0.2, 0) is 14.3 Å². The fourth-order valence-electron chi connectivity index (χ4n) is 1.91. The number of esters is 1. The van der Waals surface area contributed by atoms with Crippen molar-refractivity contribution in [1.82, 2.24) is 0 Å². The highest BCUT2D eigenvalue weighted by atomic mass is 16.6. The van der Waals surface area contributed by atoms with Crippen LogP contribution in [0.1, 0.15) is 47.0 Å². The minimum Gasteiger partial charge on any atom is -0.450 e. The molecule has 1 aliphatic heterocycles. The molecule has 0 aromatic heterocycles. The maximum absolute atomic E-state index is 12.0. The summed E-state index contributed by atoms with van der Waals surface area (Å²) in [6.07, 6.45) is 1.76. The van der Waals surface area contributed by atoms with Crippen molar-refractivity contribution in [2.45, 2.75) is 52.6 Å². The lowest BCUT2D eigenvalue weighted by Gasteiger charge is -2.42. The zero-order valence-corrected chi connectivity index (χ0v) is 9.35. The van der Waals surface area contributed by atoms with Crippen molar-refractivity contribution < 1.29 is 14.3 Å². The zero-order valence-electron chi connectivity index (χ0n) is 9.35. The molecule has 1 heterocycles. The van der Waals surface area contributed by atoms with Crippen LogP contribution in [0, 0.1) is 5.41 Å².